The lowest BCUT2D eigenvalue weighted by atomic mass is 10.0. The lowest BCUT2D eigenvalue weighted by Gasteiger charge is -2.16. The summed E-state index contributed by atoms with van der Waals surface area (Å²) in [6, 6.07) is 17.6. The van der Waals surface area contributed by atoms with Crippen molar-refractivity contribution in [2.45, 2.75) is 52.1 Å². The van der Waals surface area contributed by atoms with Gasteiger partial charge in [0.05, 0.1) is 12.6 Å². The van der Waals surface area contributed by atoms with Crippen molar-refractivity contribution in [3.63, 3.8) is 0 Å². The van der Waals surface area contributed by atoms with E-state index in [-0.39, 0.29) is 23.8 Å². The van der Waals surface area contributed by atoms with E-state index in [1.807, 2.05) is 32.0 Å². The highest BCUT2D eigenvalue weighted by atomic mass is 32.1. The molecule has 1 saturated carbocycles. The van der Waals surface area contributed by atoms with Crippen molar-refractivity contribution < 1.29 is 9.59 Å². The highest BCUT2D eigenvalue weighted by molar-refractivity contribution is 7.15. The molecule has 0 unspecified atom stereocenters. The summed E-state index contributed by atoms with van der Waals surface area (Å²) in [5, 5.41) is 6.18. The third-order valence-corrected chi connectivity index (χ3v) is 7.48. The van der Waals surface area contributed by atoms with Crippen molar-refractivity contribution in [2.24, 2.45) is 5.92 Å². The van der Waals surface area contributed by atoms with E-state index in [0.29, 0.717) is 17.8 Å². The summed E-state index contributed by atoms with van der Waals surface area (Å²) in [6.45, 7) is 4.47. The van der Waals surface area contributed by atoms with Crippen LogP contribution in [0.25, 0.3) is 10.4 Å². The molecule has 5 nitrogen and oxygen atoms in total. The molecule has 0 saturated heterocycles. The van der Waals surface area contributed by atoms with E-state index in [1.165, 1.54) is 0 Å². The fourth-order valence-electron chi connectivity index (χ4n) is 4.34. The van der Waals surface area contributed by atoms with E-state index < -0.39 is 0 Å². The SMILES string of the molecule is Cc1ccc(N)cc1C(=O)N[C@H](C)c1cccc(-c2ccc(CNC(=O)C3CCCC3)s2)c1. The van der Waals surface area contributed by atoms with Crippen LogP contribution in [-0.2, 0) is 11.3 Å². The predicted molar refractivity (Wildman–Crippen MR) is 135 cm³/mol. The zero-order valence-corrected chi connectivity index (χ0v) is 20.0. The van der Waals surface area contributed by atoms with Gasteiger partial charge >= 0.3 is 0 Å². The summed E-state index contributed by atoms with van der Waals surface area (Å²) >= 11 is 1.69. The molecule has 2 amide bonds. The second kappa shape index (κ2) is 10.2. The third kappa shape index (κ3) is 5.63. The maximum Gasteiger partial charge on any atom is 0.252 e. The predicted octanol–water partition coefficient (Wildman–Crippen LogP) is 5.60. The average molecular weight is 462 g/mol. The van der Waals surface area contributed by atoms with Gasteiger partial charge in [-0.3, -0.25) is 9.59 Å². The first-order chi connectivity index (χ1) is 15.9. The largest absolute Gasteiger partial charge is 0.399 e. The summed E-state index contributed by atoms with van der Waals surface area (Å²) in [5.41, 5.74) is 10.1. The number of benzene rings is 2. The average Bonchev–Trinajstić information content (AvgIpc) is 3.51. The Morgan fingerprint density at radius 1 is 1.09 bits per heavy atom. The van der Waals surface area contributed by atoms with Crippen molar-refractivity contribution >= 4 is 28.8 Å². The van der Waals surface area contributed by atoms with Crippen LogP contribution in [0.2, 0.25) is 0 Å². The van der Waals surface area contributed by atoms with Crippen LogP contribution in [0.4, 0.5) is 5.69 Å². The lowest BCUT2D eigenvalue weighted by molar-refractivity contribution is -0.124. The monoisotopic (exact) mass is 461 g/mol. The smallest absolute Gasteiger partial charge is 0.252 e. The number of anilines is 1. The molecule has 172 valence electrons. The van der Waals surface area contributed by atoms with Crippen LogP contribution in [0.3, 0.4) is 0 Å². The normalized spacial score (nSPS) is 14.7. The molecule has 33 heavy (non-hydrogen) atoms. The Bertz CT molecular complexity index is 1150. The van der Waals surface area contributed by atoms with Gasteiger partial charge in [-0.25, -0.2) is 0 Å². The molecule has 4 rings (SSSR count). The molecule has 0 spiro atoms. The maximum atomic E-state index is 12.8. The molecule has 1 aromatic heterocycles. The van der Waals surface area contributed by atoms with E-state index in [2.05, 4.69) is 34.9 Å². The fraction of sp³-hybridized carbons (Fsp3) is 0.333. The van der Waals surface area contributed by atoms with Crippen LogP contribution in [0.5, 0.6) is 0 Å². The Hall–Kier alpha value is -3.12. The summed E-state index contributed by atoms with van der Waals surface area (Å²) in [4.78, 5) is 27.4. The number of carbonyl (C=O) groups is 2. The van der Waals surface area contributed by atoms with E-state index in [0.717, 1.165) is 52.1 Å². The first-order valence-electron chi connectivity index (χ1n) is 11.5. The lowest BCUT2D eigenvalue weighted by Crippen LogP contribution is -2.28. The molecule has 6 heteroatoms. The summed E-state index contributed by atoms with van der Waals surface area (Å²) < 4.78 is 0. The van der Waals surface area contributed by atoms with Gasteiger partial charge in [0.15, 0.2) is 0 Å². The summed E-state index contributed by atoms with van der Waals surface area (Å²) in [5.74, 6) is 0.243. The maximum absolute atomic E-state index is 12.8. The molecule has 1 heterocycles. The van der Waals surface area contributed by atoms with Crippen molar-refractivity contribution in [3.8, 4) is 10.4 Å². The number of hydrogen-bond donors (Lipinski definition) is 3. The van der Waals surface area contributed by atoms with Gasteiger partial charge in [0.25, 0.3) is 5.91 Å². The minimum absolute atomic E-state index is 0.130. The van der Waals surface area contributed by atoms with Crippen molar-refractivity contribution in [2.75, 3.05) is 5.73 Å². The number of aryl methyl sites for hydroxylation is 1. The van der Waals surface area contributed by atoms with Crippen LogP contribution in [-0.4, -0.2) is 11.8 Å². The molecule has 0 bridgehead atoms. The second-order valence-corrected chi connectivity index (χ2v) is 10.0. The minimum atomic E-state index is -0.150. The van der Waals surface area contributed by atoms with Gasteiger partial charge < -0.3 is 16.4 Å². The molecular formula is C27H31N3O2S. The molecule has 0 radical (unpaired) electrons. The van der Waals surface area contributed by atoms with Crippen LogP contribution in [0.15, 0.2) is 54.6 Å². The van der Waals surface area contributed by atoms with E-state index >= 15 is 0 Å². The topological polar surface area (TPSA) is 84.2 Å². The summed E-state index contributed by atoms with van der Waals surface area (Å²) in [6.07, 6.45) is 4.35. The standard InChI is InChI=1S/C27H31N3O2S/c1-17-10-11-22(28)15-24(17)27(32)30-18(2)20-8-5-9-21(14-20)25-13-12-23(33-25)16-29-26(31)19-6-3-4-7-19/h5,8-15,18-19H,3-4,6-7,16,28H2,1-2H3,(H,29,31)(H,30,32)/t18-/m1/s1. The van der Waals surface area contributed by atoms with E-state index in [4.69, 9.17) is 5.73 Å². The first-order valence-corrected chi connectivity index (χ1v) is 12.4. The second-order valence-electron chi connectivity index (χ2n) is 8.86. The molecular weight excluding hydrogens is 430 g/mol. The van der Waals surface area contributed by atoms with Crippen LogP contribution >= 0.6 is 11.3 Å². The number of nitrogen functional groups attached to an aromatic ring is 1. The van der Waals surface area contributed by atoms with E-state index in [1.54, 1.807) is 23.5 Å². The van der Waals surface area contributed by atoms with Gasteiger partial charge in [0.1, 0.15) is 0 Å². The number of rotatable bonds is 7. The minimum Gasteiger partial charge on any atom is -0.399 e. The van der Waals surface area contributed by atoms with E-state index in [9.17, 15) is 9.59 Å². The number of amides is 2. The highest BCUT2D eigenvalue weighted by Crippen LogP contribution is 2.30. The van der Waals surface area contributed by atoms with Gasteiger partial charge in [0.2, 0.25) is 5.91 Å². The third-order valence-electron chi connectivity index (χ3n) is 6.35. The molecule has 0 aliphatic heterocycles. The van der Waals surface area contributed by atoms with Gasteiger partial charge in [-0.15, -0.1) is 11.3 Å². The molecule has 2 aromatic carbocycles. The molecule has 4 N–H and O–H groups in total. The Morgan fingerprint density at radius 2 is 1.88 bits per heavy atom. The Kier molecular flexibility index (Phi) is 7.14. The van der Waals surface area contributed by atoms with Gasteiger partial charge in [0, 0.05) is 26.9 Å². The zero-order chi connectivity index (χ0) is 23.4. The summed E-state index contributed by atoms with van der Waals surface area (Å²) in [7, 11) is 0. The van der Waals surface area contributed by atoms with Gasteiger partial charge in [-0.2, -0.15) is 0 Å². The number of nitrogens with two attached hydrogens (primary N) is 1. The van der Waals surface area contributed by atoms with Gasteiger partial charge in [-0.05, 0) is 73.7 Å². The first kappa shape index (κ1) is 23.1. The number of carbonyl (C=O) groups excluding carboxylic acids is 2. The number of hydrogen-bond acceptors (Lipinski definition) is 4. The van der Waals surface area contributed by atoms with Crippen molar-refractivity contribution in [1.29, 1.82) is 0 Å². The van der Waals surface area contributed by atoms with Gasteiger partial charge in [-0.1, -0.05) is 37.1 Å². The molecule has 3 aromatic rings. The Balaban J connectivity index is 1.40. The number of nitrogens with one attached hydrogen (secondary N) is 2. The fourth-order valence-corrected chi connectivity index (χ4v) is 5.28. The number of thiophene rings is 1. The van der Waals surface area contributed by atoms with Crippen LogP contribution in [0, 0.1) is 12.8 Å². The van der Waals surface area contributed by atoms with Crippen molar-refractivity contribution in [1.82, 2.24) is 10.6 Å². The molecule has 1 fully saturated rings. The quantitative estimate of drug-likeness (QED) is 0.400. The van der Waals surface area contributed by atoms with Crippen LogP contribution < -0.4 is 16.4 Å². The Labute approximate surface area is 199 Å². The van der Waals surface area contributed by atoms with Crippen LogP contribution in [0.1, 0.15) is 65.0 Å². The van der Waals surface area contributed by atoms with Crippen molar-refractivity contribution in [3.05, 3.63) is 76.2 Å². The highest BCUT2D eigenvalue weighted by Gasteiger charge is 2.22. The Morgan fingerprint density at radius 3 is 2.67 bits per heavy atom. The zero-order valence-electron chi connectivity index (χ0n) is 19.2. The molecule has 1 atom stereocenters. The molecule has 1 aliphatic rings. The molecule has 1 aliphatic carbocycles.